The summed E-state index contributed by atoms with van der Waals surface area (Å²) < 4.78 is 0. The van der Waals surface area contributed by atoms with Gasteiger partial charge in [-0.15, -0.1) is 0 Å². The Hall–Kier alpha value is -0.0800. The molecule has 2 nitrogen and oxygen atoms in total. The van der Waals surface area contributed by atoms with Crippen molar-refractivity contribution in [3.8, 4) is 0 Å². The third-order valence-corrected chi connectivity index (χ3v) is 4.79. The second-order valence-electron chi connectivity index (χ2n) is 6.82. The van der Waals surface area contributed by atoms with E-state index >= 15 is 0 Å². The highest BCUT2D eigenvalue weighted by Crippen LogP contribution is 2.20. The van der Waals surface area contributed by atoms with Crippen molar-refractivity contribution in [3.05, 3.63) is 0 Å². The molecule has 1 saturated heterocycles. The largest absolute Gasteiger partial charge is 0.304 e. The second kappa shape index (κ2) is 11.6. The van der Waals surface area contributed by atoms with E-state index in [4.69, 9.17) is 0 Å². The summed E-state index contributed by atoms with van der Waals surface area (Å²) in [5.74, 6) is 0.960. The number of likely N-dealkylation sites (N-methyl/N-ethyl adjacent to an activating group) is 1. The molecule has 0 saturated carbocycles. The minimum Gasteiger partial charge on any atom is -0.304 e. The summed E-state index contributed by atoms with van der Waals surface area (Å²) in [6.45, 7) is 11.1. The lowest BCUT2D eigenvalue weighted by molar-refractivity contribution is 0.130. The molecule has 0 aromatic carbocycles. The number of hydrogen-bond acceptors (Lipinski definition) is 2. The first-order valence-electron chi connectivity index (χ1n) is 9.17. The Morgan fingerprint density at radius 3 is 1.90 bits per heavy atom. The normalized spacial score (nSPS) is 19.4. The van der Waals surface area contributed by atoms with Gasteiger partial charge in [0, 0.05) is 32.7 Å². The van der Waals surface area contributed by atoms with Gasteiger partial charge in [0.15, 0.2) is 0 Å². The van der Waals surface area contributed by atoms with Gasteiger partial charge in [-0.05, 0) is 25.8 Å². The molecule has 0 aromatic rings. The fourth-order valence-electron chi connectivity index (χ4n) is 3.27. The molecule has 0 radical (unpaired) electrons. The Morgan fingerprint density at radius 1 is 0.750 bits per heavy atom. The summed E-state index contributed by atoms with van der Waals surface area (Å²) in [6.07, 6.45) is 12.9. The zero-order valence-corrected chi connectivity index (χ0v) is 14.4. The van der Waals surface area contributed by atoms with Crippen LogP contribution < -0.4 is 0 Å². The molecule has 0 aliphatic carbocycles. The first-order valence-corrected chi connectivity index (χ1v) is 9.17. The van der Waals surface area contributed by atoms with Crippen molar-refractivity contribution in [2.75, 3.05) is 39.8 Å². The van der Waals surface area contributed by atoms with E-state index in [2.05, 4.69) is 30.7 Å². The second-order valence-corrected chi connectivity index (χ2v) is 6.82. The lowest BCUT2D eigenvalue weighted by Gasteiger charge is -2.34. The minimum absolute atomic E-state index is 0.960. The van der Waals surface area contributed by atoms with Crippen LogP contribution >= 0.6 is 0 Å². The van der Waals surface area contributed by atoms with E-state index in [0.29, 0.717) is 0 Å². The van der Waals surface area contributed by atoms with Gasteiger partial charge in [0.1, 0.15) is 0 Å². The molecule has 0 N–H and O–H groups in total. The van der Waals surface area contributed by atoms with Crippen molar-refractivity contribution in [2.24, 2.45) is 5.92 Å². The lowest BCUT2D eigenvalue weighted by atomic mass is 9.94. The molecular formula is C18H38N2. The molecule has 1 fully saturated rings. The molecule has 0 spiro atoms. The van der Waals surface area contributed by atoms with Gasteiger partial charge >= 0.3 is 0 Å². The van der Waals surface area contributed by atoms with Gasteiger partial charge in [-0.25, -0.2) is 0 Å². The predicted octanol–water partition coefficient (Wildman–Crippen LogP) is 4.40. The molecule has 1 unspecified atom stereocenters. The Kier molecular flexibility index (Phi) is 10.4. The average Bonchev–Trinajstić information content (AvgIpc) is 2.46. The third kappa shape index (κ3) is 8.26. The number of rotatable bonds is 11. The van der Waals surface area contributed by atoms with Gasteiger partial charge in [0.2, 0.25) is 0 Å². The first kappa shape index (κ1) is 18.0. The highest BCUT2D eigenvalue weighted by Gasteiger charge is 2.18. The summed E-state index contributed by atoms with van der Waals surface area (Å²) in [7, 11) is 2.25. The van der Waals surface area contributed by atoms with E-state index in [9.17, 15) is 0 Å². The summed E-state index contributed by atoms with van der Waals surface area (Å²) in [5, 5.41) is 0. The van der Waals surface area contributed by atoms with E-state index < -0.39 is 0 Å². The topological polar surface area (TPSA) is 6.48 Å². The molecule has 1 heterocycles. The Bertz CT molecular complexity index is 209. The minimum atomic E-state index is 0.960. The standard InChI is InChI=1S/C18H38N2/c1-4-6-8-10-12-18(11-9-7-5-2)17-20-15-13-19(3)14-16-20/h18H,4-17H2,1-3H3. The zero-order valence-electron chi connectivity index (χ0n) is 14.4. The molecule has 1 aliphatic rings. The average molecular weight is 283 g/mol. The van der Waals surface area contributed by atoms with E-state index in [1.807, 2.05) is 0 Å². The fraction of sp³-hybridized carbons (Fsp3) is 1.00. The van der Waals surface area contributed by atoms with Gasteiger partial charge in [0.25, 0.3) is 0 Å². The van der Waals surface area contributed by atoms with Crippen LogP contribution in [0.3, 0.4) is 0 Å². The van der Waals surface area contributed by atoms with Gasteiger partial charge < -0.3 is 9.80 Å². The summed E-state index contributed by atoms with van der Waals surface area (Å²) in [6, 6.07) is 0. The van der Waals surface area contributed by atoms with Crippen LogP contribution in [0.1, 0.15) is 71.6 Å². The predicted molar refractivity (Wildman–Crippen MR) is 90.3 cm³/mol. The number of hydrogen-bond donors (Lipinski definition) is 0. The summed E-state index contributed by atoms with van der Waals surface area (Å²) in [4.78, 5) is 5.18. The van der Waals surface area contributed by atoms with E-state index in [0.717, 1.165) is 5.92 Å². The molecule has 0 amide bonds. The van der Waals surface area contributed by atoms with Crippen LogP contribution in [0.4, 0.5) is 0 Å². The lowest BCUT2D eigenvalue weighted by Crippen LogP contribution is -2.46. The van der Waals surface area contributed by atoms with Crippen LogP contribution in [0.25, 0.3) is 0 Å². The summed E-state index contributed by atoms with van der Waals surface area (Å²) >= 11 is 0. The fourth-order valence-corrected chi connectivity index (χ4v) is 3.27. The highest BCUT2D eigenvalue weighted by molar-refractivity contribution is 4.73. The van der Waals surface area contributed by atoms with Crippen molar-refractivity contribution in [2.45, 2.75) is 71.6 Å². The molecule has 1 atom stereocenters. The van der Waals surface area contributed by atoms with E-state index in [-0.39, 0.29) is 0 Å². The van der Waals surface area contributed by atoms with Crippen molar-refractivity contribution >= 4 is 0 Å². The van der Waals surface area contributed by atoms with Gasteiger partial charge in [-0.3, -0.25) is 0 Å². The van der Waals surface area contributed by atoms with Crippen LogP contribution in [-0.2, 0) is 0 Å². The smallest absolute Gasteiger partial charge is 0.0110 e. The molecule has 20 heavy (non-hydrogen) atoms. The van der Waals surface area contributed by atoms with Crippen LogP contribution in [-0.4, -0.2) is 49.6 Å². The molecule has 120 valence electrons. The van der Waals surface area contributed by atoms with E-state index in [1.165, 1.54) is 90.5 Å². The maximum atomic E-state index is 2.72. The monoisotopic (exact) mass is 282 g/mol. The van der Waals surface area contributed by atoms with Gasteiger partial charge in [-0.1, -0.05) is 58.8 Å². The van der Waals surface area contributed by atoms with Gasteiger partial charge in [0.05, 0.1) is 0 Å². The Labute approximate surface area is 127 Å². The number of piperazine rings is 1. The Morgan fingerprint density at radius 2 is 1.30 bits per heavy atom. The van der Waals surface area contributed by atoms with Crippen LogP contribution in [0.2, 0.25) is 0 Å². The quantitative estimate of drug-likeness (QED) is 0.518. The molecule has 2 heteroatoms. The molecular weight excluding hydrogens is 244 g/mol. The van der Waals surface area contributed by atoms with Crippen molar-refractivity contribution in [1.29, 1.82) is 0 Å². The van der Waals surface area contributed by atoms with Crippen molar-refractivity contribution in [1.82, 2.24) is 9.80 Å². The number of nitrogens with zero attached hydrogens (tertiary/aromatic N) is 2. The van der Waals surface area contributed by atoms with Crippen molar-refractivity contribution in [3.63, 3.8) is 0 Å². The highest BCUT2D eigenvalue weighted by atomic mass is 15.2. The van der Waals surface area contributed by atoms with Crippen LogP contribution in [0.5, 0.6) is 0 Å². The van der Waals surface area contributed by atoms with Crippen LogP contribution in [0, 0.1) is 5.92 Å². The van der Waals surface area contributed by atoms with Gasteiger partial charge in [-0.2, -0.15) is 0 Å². The van der Waals surface area contributed by atoms with E-state index in [1.54, 1.807) is 0 Å². The maximum Gasteiger partial charge on any atom is 0.0110 e. The summed E-state index contributed by atoms with van der Waals surface area (Å²) in [5.41, 5.74) is 0. The third-order valence-electron chi connectivity index (χ3n) is 4.79. The molecule has 1 rings (SSSR count). The zero-order chi connectivity index (χ0) is 14.6. The SMILES string of the molecule is CCCCCCC(CCCCC)CN1CCN(C)CC1. The first-order chi connectivity index (χ1) is 9.76. The van der Waals surface area contributed by atoms with Crippen molar-refractivity contribution < 1.29 is 0 Å². The molecule has 0 bridgehead atoms. The Balaban J connectivity index is 2.24. The number of unbranched alkanes of at least 4 members (excludes halogenated alkanes) is 5. The molecule has 0 aromatic heterocycles. The van der Waals surface area contributed by atoms with Crippen LogP contribution in [0.15, 0.2) is 0 Å². The maximum absolute atomic E-state index is 2.72. The molecule has 1 aliphatic heterocycles.